The normalized spacial score (nSPS) is 14.8. The predicted molar refractivity (Wildman–Crippen MR) is 116 cm³/mol. The predicted octanol–water partition coefficient (Wildman–Crippen LogP) is 5.45. The Morgan fingerprint density at radius 1 is 1.07 bits per heavy atom. The van der Waals surface area contributed by atoms with Gasteiger partial charge in [0.25, 0.3) is 0 Å². The van der Waals surface area contributed by atoms with E-state index in [0.29, 0.717) is 18.2 Å². The minimum atomic E-state index is -0.0645. The number of carbonyl (C=O) groups is 1. The minimum absolute atomic E-state index is 0.0645. The number of nitrogens with zero attached hydrogens (tertiary/aromatic N) is 2. The zero-order valence-electron chi connectivity index (χ0n) is 16.7. The highest BCUT2D eigenvalue weighted by molar-refractivity contribution is 5.96. The number of hydrogen-bond donors (Lipinski definition) is 2. The lowest BCUT2D eigenvalue weighted by Gasteiger charge is -2.17. The molecule has 1 fully saturated rings. The fourth-order valence-corrected chi connectivity index (χ4v) is 4.25. The van der Waals surface area contributed by atoms with Crippen LogP contribution in [0.15, 0.2) is 59.1 Å². The van der Waals surface area contributed by atoms with Crippen molar-refractivity contribution in [2.24, 2.45) is 0 Å². The van der Waals surface area contributed by atoms with Crippen LogP contribution in [0, 0.1) is 0 Å². The Morgan fingerprint density at radius 2 is 1.93 bits per heavy atom. The van der Waals surface area contributed by atoms with Crippen molar-refractivity contribution in [3.8, 4) is 11.5 Å². The monoisotopic (exact) mass is 400 g/mol. The van der Waals surface area contributed by atoms with Gasteiger partial charge in [-0.3, -0.25) is 4.79 Å². The number of benzene rings is 2. The van der Waals surface area contributed by atoms with Crippen LogP contribution >= 0.6 is 0 Å². The smallest absolute Gasteiger partial charge is 0.247 e. The van der Waals surface area contributed by atoms with E-state index in [9.17, 15) is 4.79 Å². The summed E-state index contributed by atoms with van der Waals surface area (Å²) in [6.07, 6.45) is 8.17. The lowest BCUT2D eigenvalue weighted by Crippen LogP contribution is -2.14. The van der Waals surface area contributed by atoms with E-state index in [0.717, 1.165) is 46.4 Å². The molecule has 0 unspecified atom stereocenters. The SMILES string of the molecule is O=C(Cc1c[nH]c2ccccc12)Nc1cccc(-c2nnc(C3CCCCC3)o2)c1. The third-order valence-corrected chi connectivity index (χ3v) is 5.81. The number of aromatic nitrogens is 3. The van der Waals surface area contributed by atoms with Crippen molar-refractivity contribution in [2.75, 3.05) is 5.32 Å². The molecule has 30 heavy (non-hydrogen) atoms. The fourth-order valence-electron chi connectivity index (χ4n) is 4.25. The number of anilines is 1. The van der Waals surface area contributed by atoms with Crippen molar-refractivity contribution < 1.29 is 9.21 Å². The largest absolute Gasteiger partial charge is 0.420 e. The second-order valence-corrected chi connectivity index (χ2v) is 7.95. The van der Waals surface area contributed by atoms with Crippen LogP contribution in [0.5, 0.6) is 0 Å². The van der Waals surface area contributed by atoms with Gasteiger partial charge in [-0.25, -0.2) is 0 Å². The quantitative estimate of drug-likeness (QED) is 0.467. The highest BCUT2D eigenvalue weighted by Gasteiger charge is 2.21. The van der Waals surface area contributed by atoms with Gasteiger partial charge in [0.15, 0.2) is 0 Å². The van der Waals surface area contributed by atoms with Gasteiger partial charge >= 0.3 is 0 Å². The van der Waals surface area contributed by atoms with Crippen molar-refractivity contribution >= 4 is 22.5 Å². The van der Waals surface area contributed by atoms with E-state index in [1.165, 1.54) is 19.3 Å². The van der Waals surface area contributed by atoms with E-state index in [2.05, 4.69) is 20.5 Å². The molecule has 1 aliphatic carbocycles. The van der Waals surface area contributed by atoms with Crippen molar-refractivity contribution in [3.05, 3.63) is 66.2 Å². The average Bonchev–Trinajstić information content (AvgIpc) is 3.43. The molecular formula is C24H24N4O2. The van der Waals surface area contributed by atoms with Crippen LogP contribution < -0.4 is 5.32 Å². The van der Waals surface area contributed by atoms with E-state index in [1.807, 2.05) is 54.7 Å². The molecule has 6 nitrogen and oxygen atoms in total. The number of para-hydroxylation sites is 1. The van der Waals surface area contributed by atoms with Gasteiger partial charge in [0.2, 0.25) is 17.7 Å². The van der Waals surface area contributed by atoms with E-state index < -0.39 is 0 Å². The average molecular weight is 400 g/mol. The standard InChI is InChI=1S/C24H24N4O2/c29-22(14-18-15-25-21-12-5-4-11-20(18)21)26-19-10-6-9-17(13-19)24-28-27-23(30-24)16-7-2-1-3-8-16/h4-6,9-13,15-16,25H,1-3,7-8,14H2,(H,26,29). The second kappa shape index (κ2) is 8.14. The molecule has 2 aromatic carbocycles. The van der Waals surface area contributed by atoms with Crippen LogP contribution in [0.25, 0.3) is 22.4 Å². The van der Waals surface area contributed by atoms with Crippen molar-refractivity contribution in [2.45, 2.75) is 44.4 Å². The van der Waals surface area contributed by atoms with Gasteiger partial charge in [-0.05, 0) is 42.7 Å². The van der Waals surface area contributed by atoms with Crippen molar-refractivity contribution in [1.29, 1.82) is 0 Å². The summed E-state index contributed by atoms with van der Waals surface area (Å²) >= 11 is 0. The molecule has 5 rings (SSSR count). The fraction of sp³-hybridized carbons (Fsp3) is 0.292. The molecule has 0 aliphatic heterocycles. The van der Waals surface area contributed by atoms with Crippen LogP contribution in [0.1, 0.15) is 49.5 Å². The third-order valence-electron chi connectivity index (χ3n) is 5.81. The molecule has 0 spiro atoms. The first-order valence-corrected chi connectivity index (χ1v) is 10.5. The van der Waals surface area contributed by atoms with Crippen LogP contribution in [-0.2, 0) is 11.2 Å². The Bertz CT molecular complexity index is 1170. The van der Waals surface area contributed by atoms with Gasteiger partial charge in [0.05, 0.1) is 6.42 Å². The van der Waals surface area contributed by atoms with Gasteiger partial charge in [0.1, 0.15) is 0 Å². The summed E-state index contributed by atoms with van der Waals surface area (Å²) in [5, 5.41) is 12.6. The topological polar surface area (TPSA) is 83.8 Å². The van der Waals surface area contributed by atoms with Crippen LogP contribution in [-0.4, -0.2) is 21.1 Å². The van der Waals surface area contributed by atoms with E-state index in [1.54, 1.807) is 0 Å². The summed E-state index contributed by atoms with van der Waals surface area (Å²) < 4.78 is 5.96. The Balaban J connectivity index is 1.29. The van der Waals surface area contributed by atoms with Crippen LogP contribution in [0.3, 0.4) is 0 Å². The molecule has 6 heteroatoms. The zero-order valence-corrected chi connectivity index (χ0v) is 16.7. The van der Waals surface area contributed by atoms with E-state index in [-0.39, 0.29) is 5.91 Å². The maximum atomic E-state index is 12.6. The molecular weight excluding hydrogens is 376 g/mol. The number of hydrogen-bond acceptors (Lipinski definition) is 4. The van der Waals surface area contributed by atoms with E-state index >= 15 is 0 Å². The zero-order chi connectivity index (χ0) is 20.3. The Kier molecular flexibility index (Phi) is 5.05. The number of aromatic amines is 1. The molecule has 0 bridgehead atoms. The Morgan fingerprint density at radius 3 is 2.83 bits per heavy atom. The molecule has 4 aromatic rings. The summed E-state index contributed by atoms with van der Waals surface area (Å²) in [5.74, 6) is 1.55. The molecule has 1 amide bonds. The van der Waals surface area contributed by atoms with Crippen LogP contribution in [0.2, 0.25) is 0 Å². The first kappa shape index (κ1) is 18.6. The van der Waals surface area contributed by atoms with Gasteiger partial charge < -0.3 is 14.7 Å². The van der Waals surface area contributed by atoms with Crippen molar-refractivity contribution in [1.82, 2.24) is 15.2 Å². The highest BCUT2D eigenvalue weighted by atomic mass is 16.4. The lowest BCUT2D eigenvalue weighted by molar-refractivity contribution is -0.115. The summed E-state index contributed by atoms with van der Waals surface area (Å²) in [6.45, 7) is 0. The molecule has 0 atom stereocenters. The summed E-state index contributed by atoms with van der Waals surface area (Å²) in [7, 11) is 0. The molecule has 2 aromatic heterocycles. The third kappa shape index (κ3) is 3.85. The summed E-state index contributed by atoms with van der Waals surface area (Å²) in [6, 6.07) is 15.5. The number of H-pyrrole nitrogens is 1. The first-order valence-electron chi connectivity index (χ1n) is 10.5. The highest BCUT2D eigenvalue weighted by Crippen LogP contribution is 2.33. The maximum absolute atomic E-state index is 12.6. The van der Waals surface area contributed by atoms with Gasteiger partial charge in [-0.1, -0.05) is 43.5 Å². The minimum Gasteiger partial charge on any atom is -0.420 e. The molecule has 1 saturated carbocycles. The maximum Gasteiger partial charge on any atom is 0.247 e. The molecule has 152 valence electrons. The van der Waals surface area contributed by atoms with Gasteiger partial charge in [-0.15, -0.1) is 10.2 Å². The first-order chi connectivity index (χ1) is 14.8. The second-order valence-electron chi connectivity index (χ2n) is 7.95. The van der Waals surface area contributed by atoms with Gasteiger partial charge in [0, 0.05) is 34.3 Å². The molecule has 2 N–H and O–H groups in total. The number of nitrogens with one attached hydrogen (secondary N) is 2. The Hall–Kier alpha value is -3.41. The lowest BCUT2D eigenvalue weighted by atomic mass is 9.89. The molecule has 2 heterocycles. The summed E-state index contributed by atoms with van der Waals surface area (Å²) in [4.78, 5) is 15.8. The number of amides is 1. The number of rotatable bonds is 5. The Labute approximate surface area is 174 Å². The van der Waals surface area contributed by atoms with E-state index in [4.69, 9.17) is 4.42 Å². The molecule has 0 saturated heterocycles. The summed E-state index contributed by atoms with van der Waals surface area (Å²) in [5.41, 5.74) is 3.55. The number of carbonyl (C=O) groups excluding carboxylic acids is 1. The molecule has 1 aliphatic rings. The molecule has 0 radical (unpaired) electrons. The van der Waals surface area contributed by atoms with Crippen LogP contribution in [0.4, 0.5) is 5.69 Å². The van der Waals surface area contributed by atoms with Gasteiger partial charge in [-0.2, -0.15) is 0 Å². The number of fused-ring (bicyclic) bond motifs is 1. The van der Waals surface area contributed by atoms with Crippen molar-refractivity contribution in [3.63, 3.8) is 0 Å².